The van der Waals surface area contributed by atoms with E-state index in [1.807, 2.05) is 17.0 Å². The van der Waals surface area contributed by atoms with E-state index in [0.717, 1.165) is 44.7 Å². The first-order valence-corrected chi connectivity index (χ1v) is 10.6. The minimum Gasteiger partial charge on any atom is -0.406 e. The Labute approximate surface area is 188 Å². The summed E-state index contributed by atoms with van der Waals surface area (Å²) in [6.07, 6.45) is -2.23. The summed E-state index contributed by atoms with van der Waals surface area (Å²) in [4.78, 5) is 13.3. The van der Waals surface area contributed by atoms with Crippen LogP contribution in [0.4, 0.5) is 24.8 Å². The van der Waals surface area contributed by atoms with Gasteiger partial charge < -0.3 is 14.4 Å². The Bertz CT molecular complexity index is 1040. The fourth-order valence-electron chi connectivity index (χ4n) is 3.59. The molecular weight excluding hydrogens is 445 g/mol. The van der Waals surface area contributed by atoms with E-state index in [9.17, 15) is 13.2 Å². The number of nitrogens with zero attached hydrogens (tertiary/aromatic N) is 4. The quantitative estimate of drug-likeness (QED) is 0.486. The SMILES string of the molecule is FC(F)(F)Oc1ccc(N(CCCN2CCOCC2)c2ncc3cccc(Cl)c3n2)cc1. The number of morpholine rings is 1. The number of hydrogen-bond donors (Lipinski definition) is 0. The molecular formula is C22H22ClF3N4O2. The maximum atomic E-state index is 12.5. The molecule has 1 aliphatic heterocycles. The second-order valence-electron chi connectivity index (χ2n) is 7.35. The van der Waals surface area contributed by atoms with Gasteiger partial charge in [-0.1, -0.05) is 23.7 Å². The van der Waals surface area contributed by atoms with E-state index in [0.29, 0.717) is 28.7 Å². The second kappa shape index (κ2) is 9.89. The molecule has 1 aliphatic rings. The van der Waals surface area contributed by atoms with E-state index >= 15 is 0 Å². The molecule has 10 heteroatoms. The summed E-state index contributed by atoms with van der Waals surface area (Å²) in [6, 6.07) is 11.2. The number of rotatable bonds is 7. The number of alkyl halides is 3. The summed E-state index contributed by atoms with van der Waals surface area (Å²) >= 11 is 6.32. The minimum atomic E-state index is -4.74. The van der Waals surface area contributed by atoms with Crippen LogP contribution in [-0.4, -0.2) is 60.6 Å². The molecule has 0 unspecified atom stereocenters. The fraction of sp³-hybridized carbons (Fsp3) is 0.364. The number of aromatic nitrogens is 2. The number of benzene rings is 2. The Morgan fingerprint density at radius 2 is 1.84 bits per heavy atom. The van der Waals surface area contributed by atoms with Crippen LogP contribution in [-0.2, 0) is 4.74 Å². The summed E-state index contributed by atoms with van der Waals surface area (Å²) in [6.45, 7) is 4.64. The lowest BCUT2D eigenvalue weighted by atomic mass is 10.2. The molecule has 2 aromatic carbocycles. The van der Waals surface area contributed by atoms with Crippen LogP contribution in [0.2, 0.25) is 5.02 Å². The summed E-state index contributed by atoms with van der Waals surface area (Å²) in [5, 5.41) is 1.32. The molecule has 0 radical (unpaired) electrons. The van der Waals surface area contributed by atoms with E-state index in [1.54, 1.807) is 24.4 Å². The molecule has 1 fully saturated rings. The van der Waals surface area contributed by atoms with Crippen molar-refractivity contribution in [3.63, 3.8) is 0 Å². The van der Waals surface area contributed by atoms with E-state index in [4.69, 9.17) is 16.3 Å². The van der Waals surface area contributed by atoms with Gasteiger partial charge in [0.2, 0.25) is 5.95 Å². The third-order valence-corrected chi connectivity index (χ3v) is 5.44. The van der Waals surface area contributed by atoms with E-state index in [-0.39, 0.29) is 5.75 Å². The van der Waals surface area contributed by atoms with Crippen LogP contribution in [0.5, 0.6) is 5.75 Å². The first kappa shape index (κ1) is 22.6. The van der Waals surface area contributed by atoms with Gasteiger partial charge in [0.15, 0.2) is 0 Å². The van der Waals surface area contributed by atoms with Gasteiger partial charge in [-0.15, -0.1) is 13.2 Å². The standard InChI is InChI=1S/C22H22ClF3N4O2/c23-19-4-1-3-16-15-27-21(28-20(16)19)30(10-2-9-29-11-13-31-14-12-29)17-5-7-18(8-6-17)32-22(24,25)26/h1,3-8,15H,2,9-14H2. The van der Waals surface area contributed by atoms with Gasteiger partial charge >= 0.3 is 6.36 Å². The third kappa shape index (κ3) is 5.79. The van der Waals surface area contributed by atoms with Crippen LogP contribution in [0.25, 0.3) is 10.9 Å². The molecule has 1 aromatic heterocycles. The summed E-state index contributed by atoms with van der Waals surface area (Å²) in [5.41, 5.74) is 1.28. The number of ether oxygens (including phenoxy) is 2. The Morgan fingerprint density at radius 3 is 2.56 bits per heavy atom. The number of anilines is 2. The highest BCUT2D eigenvalue weighted by Crippen LogP contribution is 2.30. The topological polar surface area (TPSA) is 50.7 Å². The molecule has 0 N–H and O–H groups in total. The number of hydrogen-bond acceptors (Lipinski definition) is 6. The third-order valence-electron chi connectivity index (χ3n) is 5.13. The van der Waals surface area contributed by atoms with Crippen molar-refractivity contribution in [1.29, 1.82) is 0 Å². The first-order valence-electron chi connectivity index (χ1n) is 10.2. The summed E-state index contributed by atoms with van der Waals surface area (Å²) in [5.74, 6) is 0.147. The van der Waals surface area contributed by atoms with Crippen LogP contribution in [0.1, 0.15) is 6.42 Å². The molecule has 0 saturated carbocycles. The maximum absolute atomic E-state index is 12.5. The monoisotopic (exact) mass is 466 g/mol. The van der Waals surface area contributed by atoms with Gasteiger partial charge in [0.25, 0.3) is 0 Å². The molecule has 0 aliphatic carbocycles. The predicted octanol–water partition coefficient (Wildman–Crippen LogP) is 5.04. The molecule has 1 saturated heterocycles. The molecule has 4 rings (SSSR count). The second-order valence-corrected chi connectivity index (χ2v) is 7.76. The van der Waals surface area contributed by atoms with Crippen molar-refractivity contribution in [3.8, 4) is 5.75 Å². The van der Waals surface area contributed by atoms with Crippen molar-refractivity contribution in [2.45, 2.75) is 12.8 Å². The molecule has 0 spiro atoms. The normalized spacial score (nSPS) is 15.1. The zero-order valence-electron chi connectivity index (χ0n) is 17.2. The van der Waals surface area contributed by atoms with Gasteiger partial charge in [-0.25, -0.2) is 9.97 Å². The van der Waals surface area contributed by atoms with Crippen molar-refractivity contribution in [2.24, 2.45) is 0 Å². The lowest BCUT2D eigenvalue weighted by Gasteiger charge is -2.28. The summed E-state index contributed by atoms with van der Waals surface area (Å²) in [7, 11) is 0. The van der Waals surface area contributed by atoms with Crippen LogP contribution in [0.15, 0.2) is 48.7 Å². The Hall–Kier alpha value is -2.62. The van der Waals surface area contributed by atoms with Gasteiger partial charge in [-0.3, -0.25) is 4.90 Å². The molecule has 2 heterocycles. The lowest BCUT2D eigenvalue weighted by Crippen LogP contribution is -2.38. The Morgan fingerprint density at radius 1 is 1.09 bits per heavy atom. The predicted molar refractivity (Wildman–Crippen MR) is 117 cm³/mol. The van der Waals surface area contributed by atoms with Crippen molar-refractivity contribution >= 4 is 34.1 Å². The molecule has 0 bridgehead atoms. The maximum Gasteiger partial charge on any atom is 0.573 e. The average molecular weight is 467 g/mol. The van der Waals surface area contributed by atoms with Crippen LogP contribution in [0.3, 0.4) is 0 Å². The Kier molecular flexibility index (Phi) is 6.98. The summed E-state index contributed by atoms with van der Waals surface area (Å²) < 4.78 is 46.9. The molecule has 32 heavy (non-hydrogen) atoms. The van der Waals surface area contributed by atoms with Crippen molar-refractivity contribution in [1.82, 2.24) is 14.9 Å². The minimum absolute atomic E-state index is 0.281. The zero-order valence-corrected chi connectivity index (χ0v) is 17.9. The average Bonchev–Trinajstić information content (AvgIpc) is 2.77. The van der Waals surface area contributed by atoms with Crippen LogP contribution < -0.4 is 9.64 Å². The van der Waals surface area contributed by atoms with Crippen molar-refractivity contribution in [3.05, 3.63) is 53.7 Å². The highest BCUT2D eigenvalue weighted by Gasteiger charge is 2.31. The van der Waals surface area contributed by atoms with E-state index in [2.05, 4.69) is 19.6 Å². The smallest absolute Gasteiger partial charge is 0.406 e. The van der Waals surface area contributed by atoms with Gasteiger partial charge in [-0.2, -0.15) is 0 Å². The van der Waals surface area contributed by atoms with Crippen molar-refractivity contribution < 1.29 is 22.6 Å². The van der Waals surface area contributed by atoms with E-state index < -0.39 is 6.36 Å². The van der Waals surface area contributed by atoms with Crippen LogP contribution in [0, 0.1) is 0 Å². The van der Waals surface area contributed by atoms with Gasteiger partial charge in [-0.05, 0) is 36.8 Å². The number of para-hydroxylation sites is 1. The van der Waals surface area contributed by atoms with Gasteiger partial charge in [0.05, 0.1) is 23.8 Å². The highest BCUT2D eigenvalue weighted by atomic mass is 35.5. The van der Waals surface area contributed by atoms with Gasteiger partial charge in [0.1, 0.15) is 5.75 Å². The number of halogens is 4. The highest BCUT2D eigenvalue weighted by molar-refractivity contribution is 6.35. The van der Waals surface area contributed by atoms with Gasteiger partial charge in [0, 0.05) is 43.4 Å². The molecule has 170 valence electrons. The van der Waals surface area contributed by atoms with E-state index in [1.165, 1.54) is 12.1 Å². The Balaban J connectivity index is 1.58. The lowest BCUT2D eigenvalue weighted by molar-refractivity contribution is -0.274. The molecule has 0 amide bonds. The van der Waals surface area contributed by atoms with Crippen LogP contribution >= 0.6 is 11.6 Å². The first-order chi connectivity index (χ1) is 15.4. The fourth-order valence-corrected chi connectivity index (χ4v) is 3.81. The van der Waals surface area contributed by atoms with Crippen molar-refractivity contribution in [2.75, 3.05) is 44.3 Å². The molecule has 3 aromatic rings. The molecule has 6 nitrogen and oxygen atoms in total. The largest absolute Gasteiger partial charge is 0.573 e. The molecule has 0 atom stereocenters. The zero-order chi connectivity index (χ0) is 22.6. The number of fused-ring (bicyclic) bond motifs is 1.